The van der Waals surface area contributed by atoms with Gasteiger partial charge in [0.1, 0.15) is 11.6 Å². The second-order valence-electron chi connectivity index (χ2n) is 5.71. The Morgan fingerprint density at radius 1 is 1.47 bits per heavy atom. The number of nitrogens with one attached hydrogen (secondary N) is 1. The molecule has 0 radical (unpaired) electrons. The number of rotatable bonds is 3. The Hall–Kier alpha value is -1.85. The number of hydrogen-bond acceptors (Lipinski definition) is 4. The number of hydrogen-bond donors (Lipinski definition) is 1. The average molecular weight is 265 g/mol. The maximum Gasteiger partial charge on any atom is 0.248 e. The number of piperazine rings is 1. The first kappa shape index (κ1) is 13.6. The van der Waals surface area contributed by atoms with Crippen molar-refractivity contribution in [2.24, 2.45) is 5.92 Å². The van der Waals surface area contributed by atoms with Gasteiger partial charge in [-0.15, -0.1) is 0 Å². The minimum Gasteiger partial charge on any atom is -0.360 e. The van der Waals surface area contributed by atoms with Gasteiger partial charge in [0, 0.05) is 6.07 Å². The Kier molecular flexibility index (Phi) is 3.34. The molecule has 6 nitrogen and oxygen atoms in total. The summed E-state index contributed by atoms with van der Waals surface area (Å²) in [4.78, 5) is 26.2. The molecular formula is C13H19N3O3. The van der Waals surface area contributed by atoms with E-state index in [9.17, 15) is 9.59 Å². The van der Waals surface area contributed by atoms with E-state index in [4.69, 9.17) is 4.52 Å². The van der Waals surface area contributed by atoms with E-state index in [1.54, 1.807) is 24.8 Å². The van der Waals surface area contributed by atoms with Crippen LogP contribution in [0.4, 0.5) is 0 Å². The van der Waals surface area contributed by atoms with E-state index in [-0.39, 0.29) is 24.3 Å². The molecule has 0 bridgehead atoms. The Balaban J connectivity index is 2.32. The van der Waals surface area contributed by atoms with Crippen molar-refractivity contribution in [3.8, 4) is 0 Å². The average Bonchev–Trinajstić information content (AvgIpc) is 2.77. The van der Waals surface area contributed by atoms with Crippen LogP contribution in [-0.4, -0.2) is 33.5 Å². The van der Waals surface area contributed by atoms with E-state index >= 15 is 0 Å². The molecule has 0 aromatic carbocycles. The van der Waals surface area contributed by atoms with Crippen LogP contribution in [0, 0.1) is 5.92 Å². The molecule has 6 heteroatoms. The molecule has 19 heavy (non-hydrogen) atoms. The zero-order valence-corrected chi connectivity index (χ0v) is 11.6. The summed E-state index contributed by atoms with van der Waals surface area (Å²) in [5.41, 5.74) is -0.886. The molecule has 1 unspecified atom stereocenters. The van der Waals surface area contributed by atoms with Crippen LogP contribution in [0.2, 0.25) is 0 Å². The maximum atomic E-state index is 12.5. The highest BCUT2D eigenvalue weighted by atomic mass is 16.5. The van der Waals surface area contributed by atoms with Crippen molar-refractivity contribution in [3.05, 3.63) is 18.0 Å². The van der Waals surface area contributed by atoms with Crippen LogP contribution < -0.4 is 5.32 Å². The van der Waals surface area contributed by atoms with Crippen LogP contribution in [0.5, 0.6) is 0 Å². The highest BCUT2D eigenvalue weighted by Crippen LogP contribution is 2.24. The number of amides is 2. The smallest absolute Gasteiger partial charge is 0.248 e. The molecule has 1 saturated heterocycles. The van der Waals surface area contributed by atoms with Gasteiger partial charge in [-0.25, -0.2) is 0 Å². The molecule has 1 aliphatic rings. The molecule has 0 saturated carbocycles. The molecule has 0 aliphatic carbocycles. The summed E-state index contributed by atoms with van der Waals surface area (Å²) in [6, 6.07) is 1.22. The maximum absolute atomic E-state index is 12.5. The minimum atomic E-state index is -0.886. The summed E-state index contributed by atoms with van der Waals surface area (Å²) in [5, 5.41) is 6.39. The molecule has 1 aromatic rings. The quantitative estimate of drug-likeness (QED) is 0.882. The molecule has 0 spiro atoms. The fraction of sp³-hybridized carbons (Fsp3) is 0.615. The molecule has 2 rings (SSSR count). The number of aromatic nitrogens is 1. The first-order valence-corrected chi connectivity index (χ1v) is 6.35. The van der Waals surface area contributed by atoms with Crippen molar-refractivity contribution in [2.45, 2.75) is 45.8 Å². The SMILES string of the molecule is CC(C)C1C(=O)NC(C)(C)C(=O)N1Cc1ccno1. The van der Waals surface area contributed by atoms with Gasteiger partial charge in [-0.1, -0.05) is 19.0 Å². The molecule has 104 valence electrons. The van der Waals surface area contributed by atoms with Crippen molar-refractivity contribution in [3.63, 3.8) is 0 Å². The van der Waals surface area contributed by atoms with Gasteiger partial charge in [-0.05, 0) is 19.8 Å². The van der Waals surface area contributed by atoms with E-state index in [2.05, 4.69) is 10.5 Å². The standard InChI is InChI=1S/C13H19N3O3/c1-8(2)10-11(17)15-13(3,4)12(18)16(10)7-9-5-6-14-19-9/h5-6,8,10H,7H2,1-4H3,(H,15,17). The van der Waals surface area contributed by atoms with Gasteiger partial charge >= 0.3 is 0 Å². The lowest BCUT2D eigenvalue weighted by Crippen LogP contribution is -2.68. The summed E-state index contributed by atoms with van der Waals surface area (Å²) in [6.07, 6.45) is 1.53. The van der Waals surface area contributed by atoms with Crippen molar-refractivity contribution in [2.75, 3.05) is 0 Å². The van der Waals surface area contributed by atoms with Crippen molar-refractivity contribution in [1.29, 1.82) is 0 Å². The van der Waals surface area contributed by atoms with Crippen molar-refractivity contribution < 1.29 is 14.1 Å². The number of carbonyl (C=O) groups excluding carboxylic acids is 2. The molecule has 1 N–H and O–H groups in total. The summed E-state index contributed by atoms with van der Waals surface area (Å²) in [6.45, 7) is 7.51. The van der Waals surface area contributed by atoms with Gasteiger partial charge < -0.3 is 14.7 Å². The van der Waals surface area contributed by atoms with E-state index in [1.165, 1.54) is 6.20 Å². The number of carbonyl (C=O) groups is 2. The summed E-state index contributed by atoms with van der Waals surface area (Å²) in [5.74, 6) is 0.369. The molecule has 1 atom stereocenters. The molecule has 1 aliphatic heterocycles. The van der Waals surface area contributed by atoms with Gasteiger partial charge in [0.15, 0.2) is 5.76 Å². The lowest BCUT2D eigenvalue weighted by atomic mass is 9.91. The first-order valence-electron chi connectivity index (χ1n) is 6.35. The molecule has 1 fully saturated rings. The largest absolute Gasteiger partial charge is 0.360 e. The van der Waals surface area contributed by atoms with E-state index in [0.717, 1.165) is 0 Å². The summed E-state index contributed by atoms with van der Waals surface area (Å²) in [7, 11) is 0. The van der Waals surface area contributed by atoms with Gasteiger partial charge in [0.25, 0.3) is 0 Å². The lowest BCUT2D eigenvalue weighted by Gasteiger charge is -2.43. The topological polar surface area (TPSA) is 75.4 Å². The molecule has 2 heterocycles. The van der Waals surface area contributed by atoms with E-state index in [0.29, 0.717) is 5.76 Å². The third-order valence-corrected chi connectivity index (χ3v) is 3.28. The van der Waals surface area contributed by atoms with Gasteiger partial charge in [-0.2, -0.15) is 0 Å². The van der Waals surface area contributed by atoms with Gasteiger partial charge in [0.2, 0.25) is 11.8 Å². The van der Waals surface area contributed by atoms with Gasteiger partial charge in [-0.3, -0.25) is 9.59 Å². The zero-order valence-electron chi connectivity index (χ0n) is 11.6. The predicted octanol–water partition coefficient (Wildman–Crippen LogP) is 0.936. The van der Waals surface area contributed by atoms with Crippen molar-refractivity contribution in [1.82, 2.24) is 15.4 Å². The summed E-state index contributed by atoms with van der Waals surface area (Å²) >= 11 is 0. The highest BCUT2D eigenvalue weighted by molar-refractivity contribution is 5.99. The molecule has 2 amide bonds. The Labute approximate surface area is 112 Å². The van der Waals surface area contributed by atoms with Crippen LogP contribution in [0.1, 0.15) is 33.5 Å². The van der Waals surface area contributed by atoms with Crippen LogP contribution in [-0.2, 0) is 16.1 Å². The van der Waals surface area contributed by atoms with E-state index in [1.807, 2.05) is 13.8 Å². The minimum absolute atomic E-state index is 0.0305. The van der Waals surface area contributed by atoms with E-state index < -0.39 is 11.6 Å². The third-order valence-electron chi connectivity index (χ3n) is 3.28. The van der Waals surface area contributed by atoms with Crippen LogP contribution in [0.15, 0.2) is 16.8 Å². The third kappa shape index (κ3) is 2.47. The number of nitrogens with zero attached hydrogens (tertiary/aromatic N) is 2. The van der Waals surface area contributed by atoms with Gasteiger partial charge in [0.05, 0.1) is 12.7 Å². The lowest BCUT2D eigenvalue weighted by molar-refractivity contribution is -0.156. The zero-order chi connectivity index (χ0) is 14.2. The van der Waals surface area contributed by atoms with Crippen molar-refractivity contribution >= 4 is 11.8 Å². The predicted molar refractivity (Wildman–Crippen MR) is 67.9 cm³/mol. The summed E-state index contributed by atoms with van der Waals surface area (Å²) < 4.78 is 5.04. The fourth-order valence-electron chi connectivity index (χ4n) is 2.39. The normalized spacial score (nSPS) is 22.8. The second-order valence-corrected chi connectivity index (χ2v) is 5.71. The first-order chi connectivity index (χ1) is 8.83. The Morgan fingerprint density at radius 2 is 2.16 bits per heavy atom. The van der Waals surface area contributed by atoms with Crippen LogP contribution in [0.3, 0.4) is 0 Å². The molecular weight excluding hydrogens is 246 g/mol. The second kappa shape index (κ2) is 4.68. The van der Waals surface area contributed by atoms with Crippen LogP contribution in [0.25, 0.3) is 0 Å². The van der Waals surface area contributed by atoms with Crippen LogP contribution >= 0.6 is 0 Å². The Morgan fingerprint density at radius 3 is 2.68 bits per heavy atom. The Bertz CT molecular complexity index is 479. The molecule has 1 aromatic heterocycles. The highest BCUT2D eigenvalue weighted by Gasteiger charge is 2.46. The fourth-order valence-corrected chi connectivity index (χ4v) is 2.39. The monoisotopic (exact) mass is 265 g/mol.